The first-order valence-electron chi connectivity index (χ1n) is 9.41. The fourth-order valence-electron chi connectivity index (χ4n) is 3.42. The van der Waals surface area contributed by atoms with Crippen molar-refractivity contribution in [2.24, 2.45) is 17.3 Å². The van der Waals surface area contributed by atoms with Crippen LogP contribution in [0.2, 0.25) is 0 Å². The average Bonchev–Trinajstić information content (AvgIpc) is 3.26. The molecule has 0 saturated heterocycles. The van der Waals surface area contributed by atoms with Crippen molar-refractivity contribution in [2.75, 3.05) is 0 Å². The second-order valence-corrected chi connectivity index (χ2v) is 8.18. The van der Waals surface area contributed by atoms with Crippen LogP contribution in [0, 0.1) is 28.6 Å². The number of hydrogen-bond donors (Lipinski definition) is 0. The third kappa shape index (κ3) is 5.20. The van der Waals surface area contributed by atoms with Gasteiger partial charge in [-0.05, 0) is 35.6 Å². The van der Waals surface area contributed by atoms with Gasteiger partial charge < -0.3 is 9.47 Å². The molecule has 0 N–H and O–H groups in total. The molecule has 4 nitrogen and oxygen atoms in total. The first-order chi connectivity index (χ1) is 14.5. The molecule has 31 heavy (non-hydrogen) atoms. The van der Waals surface area contributed by atoms with Crippen LogP contribution < -0.4 is 4.74 Å². The SMILES string of the molecule is CC1(C)C(C=C(Cl)C(F)(F)F)[C@H]1C(=O)O[C@H](C#N)c1cccc(Oc2ccccc2)c1. The number of ether oxygens (including phenoxy) is 2. The highest BCUT2D eigenvalue weighted by molar-refractivity contribution is 6.30. The summed E-state index contributed by atoms with van der Waals surface area (Å²) in [5.74, 6) is -1.27. The Morgan fingerprint density at radius 1 is 1.16 bits per heavy atom. The van der Waals surface area contributed by atoms with E-state index in [-0.39, 0.29) is 0 Å². The predicted molar refractivity (Wildman–Crippen MR) is 108 cm³/mol. The largest absolute Gasteiger partial charge is 0.457 e. The molecule has 2 aromatic carbocycles. The summed E-state index contributed by atoms with van der Waals surface area (Å²) in [6, 6.07) is 17.4. The van der Waals surface area contributed by atoms with Crippen LogP contribution in [0.1, 0.15) is 25.5 Å². The first-order valence-corrected chi connectivity index (χ1v) is 9.79. The second-order valence-electron chi connectivity index (χ2n) is 7.77. The van der Waals surface area contributed by atoms with Gasteiger partial charge in [0.15, 0.2) is 0 Å². The van der Waals surface area contributed by atoms with E-state index in [1.165, 1.54) is 0 Å². The molecule has 1 unspecified atom stereocenters. The van der Waals surface area contributed by atoms with Gasteiger partial charge >= 0.3 is 12.1 Å². The van der Waals surface area contributed by atoms with Crippen LogP contribution >= 0.6 is 11.6 Å². The Morgan fingerprint density at radius 2 is 1.81 bits per heavy atom. The molecule has 0 spiro atoms. The Labute approximate surface area is 182 Å². The number of hydrogen-bond acceptors (Lipinski definition) is 4. The summed E-state index contributed by atoms with van der Waals surface area (Å²) in [7, 11) is 0. The molecule has 0 radical (unpaired) electrons. The summed E-state index contributed by atoms with van der Waals surface area (Å²) in [4.78, 5) is 12.6. The molecular formula is C23H19ClF3NO3. The molecule has 0 heterocycles. The summed E-state index contributed by atoms with van der Waals surface area (Å²) in [6.45, 7) is 3.30. The van der Waals surface area contributed by atoms with Crippen LogP contribution in [0.25, 0.3) is 0 Å². The maximum absolute atomic E-state index is 12.7. The van der Waals surface area contributed by atoms with Crippen molar-refractivity contribution in [3.63, 3.8) is 0 Å². The van der Waals surface area contributed by atoms with Gasteiger partial charge in [-0.25, -0.2) is 0 Å². The van der Waals surface area contributed by atoms with E-state index in [4.69, 9.17) is 21.1 Å². The lowest BCUT2D eigenvalue weighted by molar-refractivity contribution is -0.149. The molecule has 3 atom stereocenters. The fraction of sp³-hybridized carbons (Fsp3) is 0.304. The van der Waals surface area contributed by atoms with Crippen LogP contribution in [0.5, 0.6) is 11.5 Å². The van der Waals surface area contributed by atoms with Gasteiger partial charge in [0, 0.05) is 5.56 Å². The van der Waals surface area contributed by atoms with Crippen LogP contribution in [0.4, 0.5) is 13.2 Å². The molecule has 0 aliphatic heterocycles. The minimum Gasteiger partial charge on any atom is -0.457 e. The van der Waals surface area contributed by atoms with Gasteiger partial charge in [-0.3, -0.25) is 4.79 Å². The number of carbonyl (C=O) groups excluding carboxylic acids is 1. The van der Waals surface area contributed by atoms with Crippen molar-refractivity contribution in [2.45, 2.75) is 26.1 Å². The Balaban J connectivity index is 1.72. The van der Waals surface area contributed by atoms with Gasteiger partial charge in [0.05, 0.1) is 5.92 Å². The van der Waals surface area contributed by atoms with E-state index in [2.05, 4.69) is 0 Å². The van der Waals surface area contributed by atoms with Gasteiger partial charge in [-0.15, -0.1) is 0 Å². The van der Waals surface area contributed by atoms with Crippen molar-refractivity contribution < 1.29 is 27.4 Å². The van der Waals surface area contributed by atoms with E-state index in [0.717, 1.165) is 6.08 Å². The van der Waals surface area contributed by atoms with Gasteiger partial charge in [-0.1, -0.05) is 61.9 Å². The summed E-state index contributed by atoms with van der Waals surface area (Å²) in [5.41, 5.74) is -0.371. The minimum atomic E-state index is -4.68. The second kappa shape index (κ2) is 8.64. The normalized spacial score (nSPS) is 21.0. The molecule has 3 rings (SSSR count). The quantitative estimate of drug-likeness (QED) is 0.469. The zero-order chi connectivity index (χ0) is 22.8. The van der Waals surface area contributed by atoms with E-state index >= 15 is 0 Å². The molecule has 1 saturated carbocycles. The average molecular weight is 450 g/mol. The van der Waals surface area contributed by atoms with Crippen LogP contribution in [0.15, 0.2) is 65.7 Å². The number of rotatable bonds is 6. The fourth-order valence-corrected chi connectivity index (χ4v) is 3.55. The van der Waals surface area contributed by atoms with E-state index in [1.54, 1.807) is 50.2 Å². The number of alkyl halides is 3. The summed E-state index contributed by atoms with van der Waals surface area (Å²) in [6.07, 6.45) is -5.07. The zero-order valence-corrected chi connectivity index (χ0v) is 17.4. The van der Waals surface area contributed by atoms with Crippen molar-refractivity contribution >= 4 is 17.6 Å². The standard InChI is InChI=1S/C23H19ClF3NO3/c1-22(2)17(12-19(24)23(25,26)27)20(22)21(29)31-18(13-28)14-7-6-10-16(11-14)30-15-8-4-3-5-9-15/h3-12,17-18,20H,1-2H3/t17?,18-,20+/m1/s1. The molecule has 2 aromatic rings. The number of para-hydroxylation sites is 1. The molecule has 0 aromatic heterocycles. The van der Waals surface area contributed by atoms with Crippen LogP contribution in [0.3, 0.4) is 0 Å². The van der Waals surface area contributed by atoms with Gasteiger partial charge in [0.2, 0.25) is 6.10 Å². The number of carbonyl (C=O) groups is 1. The lowest BCUT2D eigenvalue weighted by Gasteiger charge is -2.13. The third-order valence-electron chi connectivity index (χ3n) is 5.25. The Morgan fingerprint density at radius 3 is 2.42 bits per heavy atom. The van der Waals surface area contributed by atoms with Crippen molar-refractivity contribution in [1.82, 2.24) is 0 Å². The van der Waals surface area contributed by atoms with Crippen LogP contribution in [-0.2, 0) is 9.53 Å². The smallest absolute Gasteiger partial charge is 0.426 e. The zero-order valence-electron chi connectivity index (χ0n) is 16.7. The minimum absolute atomic E-state index is 0.392. The number of nitriles is 1. The van der Waals surface area contributed by atoms with Gasteiger partial charge in [0.25, 0.3) is 0 Å². The van der Waals surface area contributed by atoms with Gasteiger partial charge in [-0.2, -0.15) is 18.4 Å². The molecule has 0 amide bonds. The molecule has 0 bridgehead atoms. The summed E-state index contributed by atoms with van der Waals surface area (Å²) < 4.78 is 49.2. The molecule has 1 aliphatic carbocycles. The van der Waals surface area contributed by atoms with E-state index in [1.807, 2.05) is 24.3 Å². The maximum atomic E-state index is 12.7. The lowest BCUT2D eigenvalue weighted by atomic mass is 10.1. The highest BCUT2D eigenvalue weighted by Crippen LogP contribution is 2.60. The first kappa shape index (κ1) is 22.7. The third-order valence-corrected chi connectivity index (χ3v) is 5.59. The van der Waals surface area contributed by atoms with E-state index in [0.29, 0.717) is 17.1 Å². The Bertz CT molecular complexity index is 1030. The number of halogens is 4. The molecule has 162 valence electrons. The van der Waals surface area contributed by atoms with Crippen molar-refractivity contribution in [3.05, 3.63) is 71.3 Å². The molecule has 8 heteroatoms. The monoisotopic (exact) mass is 449 g/mol. The van der Waals surface area contributed by atoms with Crippen molar-refractivity contribution in [3.8, 4) is 17.6 Å². The molecule has 1 aliphatic rings. The molecule has 1 fully saturated rings. The number of benzene rings is 2. The van der Waals surface area contributed by atoms with E-state index in [9.17, 15) is 23.2 Å². The highest BCUT2D eigenvalue weighted by Gasteiger charge is 2.62. The topological polar surface area (TPSA) is 59.3 Å². The summed E-state index contributed by atoms with van der Waals surface area (Å²) >= 11 is 5.32. The molecular weight excluding hydrogens is 431 g/mol. The lowest BCUT2D eigenvalue weighted by Crippen LogP contribution is -2.14. The Hall–Kier alpha value is -2.98. The van der Waals surface area contributed by atoms with Gasteiger partial charge in [0.1, 0.15) is 22.6 Å². The Kier molecular flexibility index (Phi) is 6.33. The number of allylic oxidation sites excluding steroid dienone is 2. The van der Waals surface area contributed by atoms with Crippen LogP contribution in [-0.4, -0.2) is 12.1 Å². The maximum Gasteiger partial charge on any atom is 0.426 e. The summed E-state index contributed by atoms with van der Waals surface area (Å²) in [5, 5.41) is 8.23. The number of esters is 1. The predicted octanol–water partition coefficient (Wildman–Crippen LogP) is 6.54. The highest BCUT2D eigenvalue weighted by atomic mass is 35.5. The van der Waals surface area contributed by atoms with Crippen molar-refractivity contribution in [1.29, 1.82) is 5.26 Å². The number of nitrogens with zero attached hydrogens (tertiary/aromatic N) is 1. The van der Waals surface area contributed by atoms with E-state index < -0.39 is 40.5 Å².